The third-order valence-electron chi connectivity index (χ3n) is 4.28. The SMILES string of the molecule is CC(C)N(C(C)C)S(=O)(=O)c1ccc(N=Nc2c(O)[nH]c3ccc(F)cc23)nc1. The number of hydrogen-bond donors (Lipinski definition) is 2. The van der Waals surface area contributed by atoms with Crippen molar-refractivity contribution in [2.75, 3.05) is 0 Å². The van der Waals surface area contributed by atoms with Gasteiger partial charge in [-0.25, -0.2) is 17.8 Å². The molecule has 2 N–H and O–H groups in total. The number of aromatic amines is 1. The van der Waals surface area contributed by atoms with Crippen molar-refractivity contribution >= 4 is 32.4 Å². The average Bonchev–Trinajstić information content (AvgIpc) is 2.94. The largest absolute Gasteiger partial charge is 0.493 e. The zero-order chi connectivity index (χ0) is 21.3. The molecule has 0 aliphatic rings. The summed E-state index contributed by atoms with van der Waals surface area (Å²) in [6.45, 7) is 7.24. The first-order valence-corrected chi connectivity index (χ1v) is 10.5. The van der Waals surface area contributed by atoms with Crippen LogP contribution in [0.3, 0.4) is 0 Å². The summed E-state index contributed by atoms with van der Waals surface area (Å²) >= 11 is 0. The number of fused-ring (bicyclic) bond motifs is 1. The molecule has 0 amide bonds. The summed E-state index contributed by atoms with van der Waals surface area (Å²) in [5.41, 5.74) is 0.582. The number of rotatable bonds is 6. The number of benzene rings is 1. The molecule has 0 aliphatic carbocycles. The number of pyridine rings is 1. The lowest BCUT2D eigenvalue weighted by molar-refractivity contribution is 0.302. The van der Waals surface area contributed by atoms with Crippen molar-refractivity contribution < 1.29 is 17.9 Å². The van der Waals surface area contributed by atoms with Crippen molar-refractivity contribution in [3.05, 3.63) is 42.3 Å². The van der Waals surface area contributed by atoms with Gasteiger partial charge in [0.2, 0.25) is 15.9 Å². The van der Waals surface area contributed by atoms with Gasteiger partial charge in [-0.3, -0.25) is 0 Å². The lowest BCUT2D eigenvalue weighted by atomic mass is 10.2. The lowest BCUT2D eigenvalue weighted by Gasteiger charge is -2.29. The zero-order valence-corrected chi connectivity index (χ0v) is 17.3. The first-order chi connectivity index (χ1) is 13.6. The van der Waals surface area contributed by atoms with Gasteiger partial charge in [-0.15, -0.1) is 10.2 Å². The Morgan fingerprint density at radius 2 is 1.79 bits per heavy atom. The van der Waals surface area contributed by atoms with Crippen LogP contribution in [0.1, 0.15) is 27.7 Å². The van der Waals surface area contributed by atoms with Crippen LogP contribution < -0.4 is 0 Å². The number of H-pyrrole nitrogens is 1. The van der Waals surface area contributed by atoms with Gasteiger partial charge in [0.05, 0.1) is 5.52 Å². The highest BCUT2D eigenvalue weighted by atomic mass is 32.2. The Morgan fingerprint density at radius 3 is 2.38 bits per heavy atom. The molecular formula is C19H22FN5O3S. The minimum Gasteiger partial charge on any atom is -0.493 e. The number of sulfonamides is 1. The fourth-order valence-electron chi connectivity index (χ4n) is 3.20. The van der Waals surface area contributed by atoms with Gasteiger partial charge in [-0.2, -0.15) is 4.31 Å². The monoisotopic (exact) mass is 419 g/mol. The molecule has 0 radical (unpaired) electrons. The van der Waals surface area contributed by atoms with Gasteiger partial charge in [0.15, 0.2) is 11.5 Å². The minimum atomic E-state index is -3.70. The Balaban J connectivity index is 1.90. The predicted molar refractivity (Wildman–Crippen MR) is 108 cm³/mol. The van der Waals surface area contributed by atoms with Gasteiger partial charge in [-0.05, 0) is 58.0 Å². The van der Waals surface area contributed by atoms with Crippen LogP contribution in [0.25, 0.3) is 10.9 Å². The Morgan fingerprint density at radius 1 is 1.10 bits per heavy atom. The van der Waals surface area contributed by atoms with E-state index in [0.717, 1.165) is 0 Å². The highest BCUT2D eigenvalue weighted by Gasteiger charge is 2.29. The number of halogens is 1. The predicted octanol–water partition coefficient (Wildman–Crippen LogP) is 4.63. The highest BCUT2D eigenvalue weighted by molar-refractivity contribution is 7.89. The standard InChI is InChI=1S/C19H22FN5O3S/c1-11(2)25(12(3)4)29(27,28)14-6-8-17(21-10-14)23-24-18-15-9-13(20)5-7-16(15)22-19(18)26/h5-12,22,26H,1-4H3. The fraction of sp³-hybridized carbons (Fsp3) is 0.316. The van der Waals surface area contributed by atoms with E-state index in [1.165, 1.54) is 40.8 Å². The molecule has 154 valence electrons. The summed E-state index contributed by atoms with van der Waals surface area (Å²) < 4.78 is 40.6. The molecule has 1 aromatic carbocycles. The van der Waals surface area contributed by atoms with Crippen molar-refractivity contribution in [3.8, 4) is 5.88 Å². The van der Waals surface area contributed by atoms with Crippen LogP contribution in [0.2, 0.25) is 0 Å². The molecule has 3 aromatic rings. The van der Waals surface area contributed by atoms with Crippen molar-refractivity contribution in [2.45, 2.75) is 44.7 Å². The molecule has 2 heterocycles. The smallest absolute Gasteiger partial charge is 0.245 e. The number of nitrogens with zero attached hydrogens (tertiary/aromatic N) is 4. The van der Waals surface area contributed by atoms with E-state index in [4.69, 9.17) is 0 Å². The van der Waals surface area contributed by atoms with Gasteiger partial charge in [0, 0.05) is 23.7 Å². The molecule has 3 rings (SSSR count). The number of azo groups is 1. The molecule has 10 heteroatoms. The summed E-state index contributed by atoms with van der Waals surface area (Å²) in [5, 5.41) is 18.2. The van der Waals surface area contributed by atoms with E-state index in [2.05, 4.69) is 20.2 Å². The number of hydrogen-bond acceptors (Lipinski definition) is 6. The van der Waals surface area contributed by atoms with E-state index in [-0.39, 0.29) is 34.4 Å². The van der Waals surface area contributed by atoms with Crippen molar-refractivity contribution in [3.63, 3.8) is 0 Å². The second kappa shape index (κ2) is 7.88. The maximum Gasteiger partial charge on any atom is 0.245 e. The topological polar surface area (TPSA) is 111 Å². The molecule has 0 unspecified atom stereocenters. The van der Waals surface area contributed by atoms with Crippen LogP contribution in [0.15, 0.2) is 51.7 Å². The van der Waals surface area contributed by atoms with Crippen LogP contribution in [0.4, 0.5) is 15.9 Å². The molecule has 29 heavy (non-hydrogen) atoms. The van der Waals surface area contributed by atoms with Crippen LogP contribution in [-0.2, 0) is 10.0 Å². The first kappa shape index (κ1) is 20.9. The maximum atomic E-state index is 13.5. The second-order valence-corrected chi connectivity index (χ2v) is 8.93. The molecule has 0 bridgehead atoms. The molecule has 0 saturated carbocycles. The van der Waals surface area contributed by atoms with Crippen LogP contribution in [0, 0.1) is 5.82 Å². The summed E-state index contributed by atoms with van der Waals surface area (Å²) in [6.07, 6.45) is 1.22. The summed E-state index contributed by atoms with van der Waals surface area (Å²) in [6, 6.07) is 6.39. The normalized spacial score (nSPS) is 12.8. The molecule has 0 fully saturated rings. The molecule has 0 saturated heterocycles. The summed E-state index contributed by atoms with van der Waals surface area (Å²) in [4.78, 5) is 6.78. The van der Waals surface area contributed by atoms with Crippen LogP contribution in [-0.4, -0.2) is 39.9 Å². The maximum absolute atomic E-state index is 13.5. The van der Waals surface area contributed by atoms with E-state index in [9.17, 15) is 17.9 Å². The molecule has 8 nitrogen and oxygen atoms in total. The molecule has 0 aliphatic heterocycles. The Labute approximate surface area is 168 Å². The minimum absolute atomic E-state index is 0.0517. The Bertz CT molecular complexity index is 1150. The van der Waals surface area contributed by atoms with E-state index in [0.29, 0.717) is 10.9 Å². The third-order valence-corrected chi connectivity index (χ3v) is 6.52. The molecule has 0 spiro atoms. The number of aromatic hydroxyl groups is 1. The number of nitrogens with one attached hydrogen (secondary N) is 1. The lowest BCUT2D eigenvalue weighted by Crippen LogP contribution is -2.41. The van der Waals surface area contributed by atoms with E-state index in [1.807, 2.05) is 27.7 Å². The molecule has 2 aromatic heterocycles. The third kappa shape index (κ3) is 4.13. The van der Waals surface area contributed by atoms with Gasteiger partial charge < -0.3 is 10.1 Å². The van der Waals surface area contributed by atoms with Crippen LogP contribution in [0.5, 0.6) is 5.88 Å². The van der Waals surface area contributed by atoms with Gasteiger partial charge in [0.1, 0.15) is 10.7 Å². The zero-order valence-electron chi connectivity index (χ0n) is 16.5. The van der Waals surface area contributed by atoms with E-state index < -0.39 is 15.8 Å². The fourth-order valence-corrected chi connectivity index (χ4v) is 4.98. The summed E-state index contributed by atoms with van der Waals surface area (Å²) in [5.74, 6) is -0.576. The average molecular weight is 419 g/mol. The van der Waals surface area contributed by atoms with Gasteiger partial charge in [-0.1, -0.05) is 0 Å². The van der Waals surface area contributed by atoms with E-state index >= 15 is 0 Å². The molecular weight excluding hydrogens is 397 g/mol. The first-order valence-electron chi connectivity index (χ1n) is 9.02. The second-order valence-electron chi connectivity index (χ2n) is 7.09. The van der Waals surface area contributed by atoms with Crippen molar-refractivity contribution in [1.29, 1.82) is 0 Å². The summed E-state index contributed by atoms with van der Waals surface area (Å²) in [7, 11) is -3.70. The van der Waals surface area contributed by atoms with Crippen molar-refractivity contribution in [2.24, 2.45) is 10.2 Å². The Hall–Kier alpha value is -2.85. The van der Waals surface area contributed by atoms with E-state index in [1.54, 1.807) is 0 Å². The van der Waals surface area contributed by atoms with Crippen LogP contribution >= 0.6 is 0 Å². The Kier molecular flexibility index (Phi) is 5.67. The highest BCUT2D eigenvalue weighted by Crippen LogP contribution is 2.36. The van der Waals surface area contributed by atoms with Gasteiger partial charge in [0.25, 0.3) is 0 Å². The number of aromatic nitrogens is 2. The van der Waals surface area contributed by atoms with Crippen molar-refractivity contribution in [1.82, 2.24) is 14.3 Å². The quantitative estimate of drug-likeness (QED) is 0.567. The molecule has 0 atom stereocenters. The van der Waals surface area contributed by atoms with Gasteiger partial charge >= 0.3 is 0 Å².